The van der Waals surface area contributed by atoms with Gasteiger partial charge in [-0.05, 0) is 30.3 Å². The summed E-state index contributed by atoms with van der Waals surface area (Å²) < 4.78 is 5.66. The highest BCUT2D eigenvalue weighted by molar-refractivity contribution is 5.89. The molecule has 2 heterocycles. The van der Waals surface area contributed by atoms with Crippen molar-refractivity contribution >= 4 is 16.9 Å². The summed E-state index contributed by atoms with van der Waals surface area (Å²) in [6.45, 7) is 0. The lowest BCUT2D eigenvalue weighted by molar-refractivity contribution is 0.0697. The number of hydrogen-bond donors (Lipinski definition) is 1. The van der Waals surface area contributed by atoms with Gasteiger partial charge in [-0.15, -0.1) is 10.2 Å². The maximum absolute atomic E-state index is 11.1. The van der Waals surface area contributed by atoms with Gasteiger partial charge in [0.2, 0.25) is 5.89 Å². The first-order valence-electron chi connectivity index (χ1n) is 7.24. The Labute approximate surface area is 136 Å². The van der Waals surface area contributed by atoms with Crippen LogP contribution in [0.15, 0.2) is 65.1 Å². The molecule has 0 saturated carbocycles. The zero-order valence-electron chi connectivity index (χ0n) is 12.4. The zero-order chi connectivity index (χ0) is 16.5. The van der Waals surface area contributed by atoms with Crippen LogP contribution in [-0.4, -0.2) is 26.3 Å². The van der Waals surface area contributed by atoms with Gasteiger partial charge in [-0.2, -0.15) is 0 Å². The van der Waals surface area contributed by atoms with Crippen LogP contribution in [0.25, 0.3) is 33.9 Å². The summed E-state index contributed by atoms with van der Waals surface area (Å²) in [7, 11) is 0. The molecule has 6 heteroatoms. The number of para-hydroxylation sites is 1. The molecule has 0 atom stereocenters. The van der Waals surface area contributed by atoms with Crippen molar-refractivity contribution in [1.82, 2.24) is 15.2 Å². The third kappa shape index (κ3) is 2.50. The van der Waals surface area contributed by atoms with E-state index in [9.17, 15) is 4.79 Å². The first kappa shape index (κ1) is 14.1. The van der Waals surface area contributed by atoms with Crippen molar-refractivity contribution in [3.05, 3.63) is 66.2 Å². The molecule has 2 aromatic heterocycles. The van der Waals surface area contributed by atoms with Crippen LogP contribution in [0.1, 0.15) is 10.4 Å². The van der Waals surface area contributed by atoms with E-state index < -0.39 is 5.97 Å². The molecule has 2 aromatic carbocycles. The quantitative estimate of drug-likeness (QED) is 0.620. The predicted octanol–water partition coefficient (Wildman–Crippen LogP) is 3.65. The predicted molar refractivity (Wildman–Crippen MR) is 87.4 cm³/mol. The van der Waals surface area contributed by atoms with Gasteiger partial charge in [-0.25, -0.2) is 9.78 Å². The van der Waals surface area contributed by atoms with E-state index in [4.69, 9.17) is 9.52 Å². The minimum absolute atomic E-state index is 0.163. The Hall–Kier alpha value is -3.54. The normalized spacial score (nSPS) is 10.8. The fraction of sp³-hybridized carbons (Fsp3) is 0. The average molecular weight is 317 g/mol. The molecular weight excluding hydrogens is 306 g/mol. The van der Waals surface area contributed by atoms with E-state index in [1.54, 1.807) is 12.1 Å². The third-order valence-electron chi connectivity index (χ3n) is 3.60. The Balaban J connectivity index is 1.73. The number of fused-ring (bicyclic) bond motifs is 1. The molecule has 0 saturated heterocycles. The largest absolute Gasteiger partial charge is 0.478 e. The van der Waals surface area contributed by atoms with Gasteiger partial charge in [0.05, 0.1) is 11.1 Å². The molecule has 1 N–H and O–H groups in total. The van der Waals surface area contributed by atoms with Gasteiger partial charge in [0.15, 0.2) is 0 Å². The lowest BCUT2D eigenvalue weighted by Gasteiger charge is -1.99. The van der Waals surface area contributed by atoms with Gasteiger partial charge in [0.25, 0.3) is 5.89 Å². The molecule has 0 radical (unpaired) electrons. The van der Waals surface area contributed by atoms with Crippen molar-refractivity contribution in [3.63, 3.8) is 0 Å². The fourth-order valence-electron chi connectivity index (χ4n) is 2.41. The van der Waals surface area contributed by atoms with Crippen molar-refractivity contribution in [3.8, 4) is 23.0 Å². The summed E-state index contributed by atoms with van der Waals surface area (Å²) >= 11 is 0. The highest BCUT2D eigenvalue weighted by Gasteiger charge is 2.13. The number of carboxylic acids is 1. The SMILES string of the molecule is O=C(O)c1cccc(-c2nnc(-c3ccc4ccccc4n3)o2)c1. The average Bonchev–Trinajstić information content (AvgIpc) is 3.11. The van der Waals surface area contributed by atoms with Crippen molar-refractivity contribution in [1.29, 1.82) is 0 Å². The van der Waals surface area contributed by atoms with Crippen molar-refractivity contribution in [2.75, 3.05) is 0 Å². The van der Waals surface area contributed by atoms with Crippen LogP contribution in [0.4, 0.5) is 0 Å². The molecule has 4 rings (SSSR count). The minimum Gasteiger partial charge on any atom is -0.478 e. The van der Waals surface area contributed by atoms with E-state index in [2.05, 4.69) is 15.2 Å². The van der Waals surface area contributed by atoms with Crippen LogP contribution in [0.3, 0.4) is 0 Å². The summed E-state index contributed by atoms with van der Waals surface area (Å²) in [6.07, 6.45) is 0. The standard InChI is InChI=1S/C18H11N3O3/c22-18(23)13-6-3-5-12(10-13)16-20-21-17(24-16)15-9-8-11-4-1-2-7-14(11)19-15/h1-10H,(H,22,23). The second-order valence-electron chi connectivity index (χ2n) is 5.19. The van der Waals surface area contributed by atoms with Crippen LogP contribution in [0.5, 0.6) is 0 Å². The molecule has 0 fully saturated rings. The summed E-state index contributed by atoms with van der Waals surface area (Å²) in [4.78, 5) is 15.6. The highest BCUT2D eigenvalue weighted by Crippen LogP contribution is 2.25. The Morgan fingerprint density at radius 1 is 0.917 bits per heavy atom. The van der Waals surface area contributed by atoms with Crippen LogP contribution in [0.2, 0.25) is 0 Å². The molecule has 0 aliphatic heterocycles. The summed E-state index contributed by atoms with van der Waals surface area (Å²) in [6, 6.07) is 17.9. The van der Waals surface area contributed by atoms with E-state index in [-0.39, 0.29) is 17.3 Å². The van der Waals surface area contributed by atoms with Crippen LogP contribution >= 0.6 is 0 Å². The van der Waals surface area contributed by atoms with Gasteiger partial charge in [-0.1, -0.05) is 30.3 Å². The Kier molecular flexibility index (Phi) is 3.28. The van der Waals surface area contributed by atoms with Gasteiger partial charge >= 0.3 is 5.97 Å². The summed E-state index contributed by atoms with van der Waals surface area (Å²) in [5.41, 5.74) is 2.12. The van der Waals surface area contributed by atoms with Gasteiger partial charge < -0.3 is 9.52 Å². The molecule has 6 nitrogen and oxygen atoms in total. The van der Waals surface area contributed by atoms with E-state index in [1.807, 2.05) is 36.4 Å². The lowest BCUT2D eigenvalue weighted by atomic mass is 10.1. The minimum atomic E-state index is -1.01. The molecule has 0 aliphatic rings. The molecule has 4 aromatic rings. The number of pyridine rings is 1. The Morgan fingerprint density at radius 3 is 2.62 bits per heavy atom. The van der Waals surface area contributed by atoms with Crippen LogP contribution in [-0.2, 0) is 0 Å². The smallest absolute Gasteiger partial charge is 0.335 e. The second-order valence-corrected chi connectivity index (χ2v) is 5.19. The molecular formula is C18H11N3O3. The first-order chi connectivity index (χ1) is 11.7. The number of hydrogen-bond acceptors (Lipinski definition) is 5. The first-order valence-corrected chi connectivity index (χ1v) is 7.24. The Bertz CT molecular complexity index is 1060. The number of rotatable bonds is 3. The molecule has 0 aliphatic carbocycles. The molecule has 0 spiro atoms. The van der Waals surface area contributed by atoms with Crippen molar-refractivity contribution in [2.45, 2.75) is 0 Å². The maximum Gasteiger partial charge on any atom is 0.335 e. The number of aromatic nitrogens is 3. The van der Waals surface area contributed by atoms with E-state index in [0.717, 1.165) is 10.9 Å². The van der Waals surface area contributed by atoms with E-state index in [0.29, 0.717) is 11.3 Å². The number of benzene rings is 2. The number of carboxylic acid groups (broad SMARTS) is 1. The molecule has 116 valence electrons. The monoisotopic (exact) mass is 317 g/mol. The number of nitrogens with zero attached hydrogens (tertiary/aromatic N) is 3. The van der Waals surface area contributed by atoms with Crippen molar-refractivity contribution in [2.24, 2.45) is 0 Å². The summed E-state index contributed by atoms with van der Waals surface area (Å²) in [5, 5.41) is 18.1. The van der Waals surface area contributed by atoms with E-state index in [1.165, 1.54) is 12.1 Å². The van der Waals surface area contributed by atoms with Gasteiger partial charge in [0, 0.05) is 10.9 Å². The second kappa shape index (κ2) is 5.58. The van der Waals surface area contributed by atoms with Gasteiger partial charge in [0.1, 0.15) is 5.69 Å². The van der Waals surface area contributed by atoms with Gasteiger partial charge in [-0.3, -0.25) is 0 Å². The summed E-state index contributed by atoms with van der Waals surface area (Å²) in [5.74, 6) is -0.465. The Morgan fingerprint density at radius 2 is 1.75 bits per heavy atom. The zero-order valence-corrected chi connectivity index (χ0v) is 12.4. The van der Waals surface area contributed by atoms with Crippen LogP contribution in [0, 0.1) is 0 Å². The topological polar surface area (TPSA) is 89.1 Å². The van der Waals surface area contributed by atoms with Crippen molar-refractivity contribution < 1.29 is 14.3 Å². The molecule has 24 heavy (non-hydrogen) atoms. The molecule has 0 unspecified atom stereocenters. The van der Waals surface area contributed by atoms with Crippen LogP contribution < -0.4 is 0 Å². The lowest BCUT2D eigenvalue weighted by Crippen LogP contribution is -1.95. The molecule has 0 bridgehead atoms. The fourth-order valence-corrected chi connectivity index (χ4v) is 2.41. The number of aromatic carboxylic acids is 1. The molecule has 0 amide bonds. The maximum atomic E-state index is 11.1. The number of carbonyl (C=O) groups is 1. The third-order valence-corrected chi connectivity index (χ3v) is 3.60. The highest BCUT2D eigenvalue weighted by atomic mass is 16.4. The van der Waals surface area contributed by atoms with E-state index >= 15 is 0 Å².